The number of H-pyrrole nitrogens is 1. The van der Waals surface area contributed by atoms with Crippen molar-refractivity contribution in [2.75, 3.05) is 11.9 Å². The lowest BCUT2D eigenvalue weighted by atomic mass is 10.2. The van der Waals surface area contributed by atoms with Crippen LogP contribution in [0.5, 0.6) is 5.75 Å². The van der Waals surface area contributed by atoms with Gasteiger partial charge in [-0.3, -0.25) is 4.79 Å². The van der Waals surface area contributed by atoms with Crippen LogP contribution in [0.3, 0.4) is 0 Å². The Morgan fingerprint density at radius 2 is 2.10 bits per heavy atom. The topological polar surface area (TPSA) is 54.1 Å². The fourth-order valence-electron chi connectivity index (χ4n) is 2.18. The molecule has 0 aliphatic heterocycles. The van der Waals surface area contributed by atoms with Crippen LogP contribution in [0, 0.1) is 6.92 Å². The maximum Gasteiger partial charge on any atom is 0.262 e. The highest BCUT2D eigenvalue weighted by Gasteiger charge is 2.05. The first-order valence-corrected chi connectivity index (χ1v) is 6.77. The van der Waals surface area contributed by atoms with E-state index < -0.39 is 0 Å². The maximum atomic E-state index is 11.9. The second kappa shape index (κ2) is 5.71. The van der Waals surface area contributed by atoms with Crippen molar-refractivity contribution in [3.05, 3.63) is 60.3 Å². The number of anilines is 1. The largest absolute Gasteiger partial charge is 0.484 e. The number of rotatable bonds is 4. The molecule has 2 N–H and O–H groups in total. The van der Waals surface area contributed by atoms with Gasteiger partial charge in [0.1, 0.15) is 5.75 Å². The molecule has 4 heteroatoms. The molecular formula is C17H16N2O2. The Labute approximate surface area is 122 Å². The predicted octanol–water partition coefficient (Wildman–Crippen LogP) is 3.49. The summed E-state index contributed by atoms with van der Waals surface area (Å²) in [4.78, 5) is 15.0. The molecule has 2 aromatic carbocycles. The second-order valence-electron chi connectivity index (χ2n) is 4.93. The Bertz CT molecular complexity index is 777. The van der Waals surface area contributed by atoms with E-state index in [1.165, 1.54) is 0 Å². The van der Waals surface area contributed by atoms with Gasteiger partial charge in [0.2, 0.25) is 0 Å². The Morgan fingerprint density at radius 3 is 2.95 bits per heavy atom. The summed E-state index contributed by atoms with van der Waals surface area (Å²) in [7, 11) is 0. The molecular weight excluding hydrogens is 264 g/mol. The highest BCUT2D eigenvalue weighted by molar-refractivity contribution is 5.94. The first kappa shape index (κ1) is 13.2. The van der Waals surface area contributed by atoms with Gasteiger partial charge < -0.3 is 15.0 Å². The summed E-state index contributed by atoms with van der Waals surface area (Å²) < 4.78 is 5.47. The molecule has 0 spiro atoms. The highest BCUT2D eigenvalue weighted by atomic mass is 16.5. The summed E-state index contributed by atoms with van der Waals surface area (Å²) in [6, 6.07) is 15.4. The smallest absolute Gasteiger partial charge is 0.262 e. The molecule has 1 heterocycles. The van der Waals surface area contributed by atoms with Gasteiger partial charge in [0, 0.05) is 17.4 Å². The Morgan fingerprint density at radius 1 is 1.19 bits per heavy atom. The van der Waals surface area contributed by atoms with Crippen LogP contribution in [0.2, 0.25) is 0 Å². The van der Waals surface area contributed by atoms with E-state index in [2.05, 4.69) is 10.3 Å². The molecule has 0 atom stereocenters. The minimum Gasteiger partial charge on any atom is -0.484 e. The van der Waals surface area contributed by atoms with Gasteiger partial charge in [0.05, 0.1) is 0 Å². The second-order valence-corrected chi connectivity index (χ2v) is 4.93. The molecule has 21 heavy (non-hydrogen) atoms. The first-order chi connectivity index (χ1) is 10.2. The fraction of sp³-hybridized carbons (Fsp3) is 0.118. The Kier molecular flexibility index (Phi) is 3.60. The van der Waals surface area contributed by atoms with E-state index in [1.807, 2.05) is 61.7 Å². The molecule has 0 saturated heterocycles. The third kappa shape index (κ3) is 3.23. The van der Waals surface area contributed by atoms with E-state index in [-0.39, 0.29) is 12.5 Å². The van der Waals surface area contributed by atoms with E-state index in [1.54, 1.807) is 0 Å². The summed E-state index contributed by atoms with van der Waals surface area (Å²) >= 11 is 0. The van der Waals surface area contributed by atoms with E-state index in [0.29, 0.717) is 5.75 Å². The highest BCUT2D eigenvalue weighted by Crippen LogP contribution is 2.17. The van der Waals surface area contributed by atoms with Crippen molar-refractivity contribution in [1.82, 2.24) is 4.98 Å². The lowest BCUT2D eigenvalue weighted by molar-refractivity contribution is -0.118. The third-order valence-electron chi connectivity index (χ3n) is 3.20. The van der Waals surface area contributed by atoms with Crippen LogP contribution in [-0.4, -0.2) is 17.5 Å². The number of aryl methyl sites for hydroxylation is 1. The fourth-order valence-corrected chi connectivity index (χ4v) is 2.18. The van der Waals surface area contributed by atoms with Crippen molar-refractivity contribution in [3.8, 4) is 5.75 Å². The predicted molar refractivity (Wildman–Crippen MR) is 83.6 cm³/mol. The van der Waals surface area contributed by atoms with E-state index in [0.717, 1.165) is 22.2 Å². The molecule has 3 rings (SSSR count). The van der Waals surface area contributed by atoms with Gasteiger partial charge in [0.25, 0.3) is 5.91 Å². The molecule has 1 aromatic heterocycles. The number of amides is 1. The normalized spacial score (nSPS) is 10.5. The molecule has 1 amide bonds. The zero-order chi connectivity index (χ0) is 14.7. The van der Waals surface area contributed by atoms with Gasteiger partial charge in [0.15, 0.2) is 6.61 Å². The summed E-state index contributed by atoms with van der Waals surface area (Å²) in [6.07, 6.45) is 1.87. The maximum absolute atomic E-state index is 11.9. The minimum absolute atomic E-state index is 0.00772. The molecule has 3 aromatic rings. The molecule has 0 bridgehead atoms. The lowest BCUT2D eigenvalue weighted by Crippen LogP contribution is -2.20. The van der Waals surface area contributed by atoms with Crippen LogP contribution in [-0.2, 0) is 4.79 Å². The van der Waals surface area contributed by atoms with Crippen molar-refractivity contribution in [1.29, 1.82) is 0 Å². The standard InChI is InChI=1S/C17H16N2O2/c1-12-3-2-4-15(9-12)21-11-17(20)19-14-6-5-13-7-8-18-16(13)10-14/h2-10,18H,11H2,1H3,(H,19,20). The van der Waals surface area contributed by atoms with Crippen LogP contribution >= 0.6 is 0 Å². The quantitative estimate of drug-likeness (QED) is 0.768. The number of hydrogen-bond donors (Lipinski definition) is 2. The zero-order valence-corrected chi connectivity index (χ0v) is 11.7. The summed E-state index contributed by atoms with van der Waals surface area (Å²) in [5.41, 5.74) is 2.85. The number of benzene rings is 2. The van der Waals surface area contributed by atoms with Gasteiger partial charge in [-0.2, -0.15) is 0 Å². The monoisotopic (exact) mass is 280 g/mol. The van der Waals surface area contributed by atoms with Crippen LogP contribution in [0.25, 0.3) is 10.9 Å². The Balaban J connectivity index is 1.60. The number of nitrogens with one attached hydrogen (secondary N) is 2. The number of ether oxygens (including phenoxy) is 1. The van der Waals surface area contributed by atoms with Crippen LogP contribution in [0.4, 0.5) is 5.69 Å². The zero-order valence-electron chi connectivity index (χ0n) is 11.7. The number of fused-ring (bicyclic) bond motifs is 1. The molecule has 0 unspecified atom stereocenters. The Hall–Kier alpha value is -2.75. The van der Waals surface area contributed by atoms with Crippen molar-refractivity contribution < 1.29 is 9.53 Å². The number of aromatic nitrogens is 1. The third-order valence-corrected chi connectivity index (χ3v) is 3.20. The number of carbonyl (C=O) groups excluding carboxylic acids is 1. The summed E-state index contributed by atoms with van der Waals surface area (Å²) in [5.74, 6) is 0.521. The first-order valence-electron chi connectivity index (χ1n) is 6.77. The van der Waals surface area contributed by atoms with Crippen molar-refractivity contribution in [3.63, 3.8) is 0 Å². The van der Waals surface area contributed by atoms with Gasteiger partial charge in [-0.15, -0.1) is 0 Å². The van der Waals surface area contributed by atoms with E-state index >= 15 is 0 Å². The van der Waals surface area contributed by atoms with Gasteiger partial charge >= 0.3 is 0 Å². The summed E-state index contributed by atoms with van der Waals surface area (Å²) in [6.45, 7) is 1.98. The molecule has 0 fully saturated rings. The van der Waals surface area contributed by atoms with Gasteiger partial charge in [-0.25, -0.2) is 0 Å². The molecule has 0 radical (unpaired) electrons. The van der Waals surface area contributed by atoms with Crippen LogP contribution in [0.1, 0.15) is 5.56 Å². The van der Waals surface area contributed by atoms with E-state index in [9.17, 15) is 4.79 Å². The molecule has 0 aliphatic rings. The average molecular weight is 280 g/mol. The van der Waals surface area contributed by atoms with Crippen molar-refractivity contribution >= 4 is 22.5 Å². The molecule has 0 saturated carbocycles. The summed E-state index contributed by atoms with van der Waals surface area (Å²) in [5, 5.41) is 3.94. The van der Waals surface area contributed by atoms with Crippen molar-refractivity contribution in [2.24, 2.45) is 0 Å². The van der Waals surface area contributed by atoms with Crippen LogP contribution in [0.15, 0.2) is 54.7 Å². The number of aromatic amines is 1. The molecule has 106 valence electrons. The number of hydrogen-bond acceptors (Lipinski definition) is 2. The van der Waals surface area contributed by atoms with Crippen molar-refractivity contribution in [2.45, 2.75) is 6.92 Å². The van der Waals surface area contributed by atoms with Gasteiger partial charge in [-0.1, -0.05) is 18.2 Å². The molecule has 0 aliphatic carbocycles. The van der Waals surface area contributed by atoms with Gasteiger partial charge in [-0.05, 0) is 48.2 Å². The molecule has 4 nitrogen and oxygen atoms in total. The van der Waals surface area contributed by atoms with Crippen LogP contribution < -0.4 is 10.1 Å². The van der Waals surface area contributed by atoms with E-state index in [4.69, 9.17) is 4.74 Å². The SMILES string of the molecule is Cc1cccc(OCC(=O)Nc2ccc3cc[nH]c3c2)c1. The minimum atomic E-state index is -0.178. The lowest BCUT2D eigenvalue weighted by Gasteiger charge is -2.08. The number of carbonyl (C=O) groups is 1. The average Bonchev–Trinajstić information content (AvgIpc) is 2.93.